The summed E-state index contributed by atoms with van der Waals surface area (Å²) in [7, 11) is 4.03. The molecule has 0 aliphatic heterocycles. The van der Waals surface area contributed by atoms with Crippen LogP contribution in [0.3, 0.4) is 0 Å². The van der Waals surface area contributed by atoms with E-state index >= 15 is 0 Å². The summed E-state index contributed by atoms with van der Waals surface area (Å²) in [4.78, 5) is 2.24. The summed E-state index contributed by atoms with van der Waals surface area (Å²) in [6, 6.07) is 6.51. The number of hydrogen-bond acceptors (Lipinski definition) is 3. The highest BCUT2D eigenvalue weighted by Gasteiger charge is 2.11. The van der Waals surface area contributed by atoms with Gasteiger partial charge in [-0.05, 0) is 31.0 Å². The number of halogens is 1. The van der Waals surface area contributed by atoms with Gasteiger partial charge in [-0.25, -0.2) is 0 Å². The molecule has 0 bridgehead atoms. The first kappa shape index (κ1) is 15.1. The van der Waals surface area contributed by atoms with Crippen molar-refractivity contribution < 1.29 is 0 Å². The van der Waals surface area contributed by atoms with Crippen LogP contribution in [0.2, 0.25) is 0 Å². The summed E-state index contributed by atoms with van der Waals surface area (Å²) in [5.74, 6) is 0. The molecule has 0 radical (unpaired) electrons. The van der Waals surface area contributed by atoms with Crippen molar-refractivity contribution in [1.29, 1.82) is 0 Å². The summed E-state index contributed by atoms with van der Waals surface area (Å²) in [5, 5.41) is 4.21. The summed E-state index contributed by atoms with van der Waals surface area (Å²) in [6.07, 6.45) is 4.82. The highest BCUT2D eigenvalue weighted by molar-refractivity contribution is 9.10. The van der Waals surface area contributed by atoms with Crippen molar-refractivity contribution >= 4 is 21.6 Å². The van der Waals surface area contributed by atoms with Gasteiger partial charge in [0, 0.05) is 48.6 Å². The van der Waals surface area contributed by atoms with Gasteiger partial charge in [0.2, 0.25) is 0 Å². The monoisotopic (exact) mass is 336 g/mol. The Morgan fingerprint density at radius 3 is 2.80 bits per heavy atom. The predicted octanol–water partition coefficient (Wildman–Crippen LogP) is 2.71. The third kappa shape index (κ3) is 3.84. The fourth-order valence-electron chi connectivity index (χ4n) is 2.32. The number of benzene rings is 1. The maximum atomic E-state index is 5.94. The first-order valence-electron chi connectivity index (χ1n) is 6.68. The van der Waals surface area contributed by atoms with Crippen LogP contribution in [-0.4, -0.2) is 22.9 Å². The van der Waals surface area contributed by atoms with Crippen molar-refractivity contribution in [1.82, 2.24) is 9.78 Å². The average molecular weight is 337 g/mol. The van der Waals surface area contributed by atoms with E-state index in [1.54, 1.807) is 0 Å². The molecule has 0 amide bonds. The topological polar surface area (TPSA) is 47.1 Å². The molecule has 4 nitrogen and oxygen atoms in total. The minimum Gasteiger partial charge on any atom is -0.370 e. The second kappa shape index (κ2) is 6.41. The van der Waals surface area contributed by atoms with Gasteiger partial charge >= 0.3 is 0 Å². The van der Waals surface area contributed by atoms with Crippen molar-refractivity contribution in [3.8, 4) is 0 Å². The standard InChI is InChI=1S/C15H21BrN4/c1-11(17)6-13-4-5-14(16)7-15(13)19(2)9-12-8-18-20(3)10-12/h4-5,7-8,10-11H,6,9,17H2,1-3H3. The third-order valence-electron chi connectivity index (χ3n) is 3.18. The Morgan fingerprint density at radius 1 is 1.45 bits per heavy atom. The van der Waals surface area contributed by atoms with Gasteiger partial charge in [0.1, 0.15) is 0 Å². The van der Waals surface area contributed by atoms with Gasteiger partial charge in [-0.1, -0.05) is 22.0 Å². The van der Waals surface area contributed by atoms with Crippen molar-refractivity contribution in [2.45, 2.75) is 25.9 Å². The van der Waals surface area contributed by atoms with Gasteiger partial charge in [-0.15, -0.1) is 0 Å². The third-order valence-corrected chi connectivity index (χ3v) is 3.67. The van der Waals surface area contributed by atoms with E-state index in [-0.39, 0.29) is 6.04 Å². The molecular weight excluding hydrogens is 316 g/mol. The number of nitrogens with zero attached hydrogens (tertiary/aromatic N) is 3. The Hall–Kier alpha value is -1.33. The number of rotatable bonds is 5. The average Bonchev–Trinajstić information content (AvgIpc) is 2.76. The molecule has 0 spiro atoms. The molecule has 1 heterocycles. The number of nitrogens with two attached hydrogens (primary N) is 1. The predicted molar refractivity (Wildman–Crippen MR) is 86.8 cm³/mol. The molecule has 2 aromatic rings. The fraction of sp³-hybridized carbons (Fsp3) is 0.400. The summed E-state index contributed by atoms with van der Waals surface area (Å²) < 4.78 is 2.91. The van der Waals surface area contributed by atoms with E-state index in [2.05, 4.69) is 51.2 Å². The van der Waals surface area contributed by atoms with Crippen LogP contribution >= 0.6 is 15.9 Å². The minimum absolute atomic E-state index is 0.154. The molecule has 1 aromatic carbocycles. The Balaban J connectivity index is 2.23. The van der Waals surface area contributed by atoms with Crippen molar-refractivity contribution in [2.75, 3.05) is 11.9 Å². The second-order valence-corrected chi connectivity index (χ2v) is 6.25. The van der Waals surface area contributed by atoms with E-state index < -0.39 is 0 Å². The lowest BCUT2D eigenvalue weighted by Gasteiger charge is -2.23. The molecule has 20 heavy (non-hydrogen) atoms. The van der Waals surface area contributed by atoms with Crippen LogP contribution in [0.1, 0.15) is 18.1 Å². The largest absolute Gasteiger partial charge is 0.370 e. The lowest BCUT2D eigenvalue weighted by molar-refractivity contribution is 0.734. The zero-order chi connectivity index (χ0) is 14.7. The number of anilines is 1. The van der Waals surface area contributed by atoms with Crippen molar-refractivity contribution in [3.05, 3.63) is 46.2 Å². The normalized spacial score (nSPS) is 12.4. The molecule has 2 rings (SSSR count). The van der Waals surface area contributed by atoms with E-state index in [1.807, 2.05) is 31.0 Å². The molecular formula is C15H21BrN4. The van der Waals surface area contributed by atoms with Gasteiger partial charge in [0.25, 0.3) is 0 Å². The molecule has 108 valence electrons. The van der Waals surface area contributed by atoms with Gasteiger partial charge in [0.05, 0.1) is 6.20 Å². The van der Waals surface area contributed by atoms with Crippen LogP contribution in [0.5, 0.6) is 0 Å². The van der Waals surface area contributed by atoms with Crippen molar-refractivity contribution in [2.24, 2.45) is 12.8 Å². The molecule has 0 saturated carbocycles. The molecule has 0 aliphatic carbocycles. The Morgan fingerprint density at radius 2 is 2.20 bits per heavy atom. The molecule has 0 saturated heterocycles. The van der Waals surface area contributed by atoms with Gasteiger partial charge in [-0.3, -0.25) is 4.68 Å². The van der Waals surface area contributed by atoms with E-state index in [0.717, 1.165) is 17.4 Å². The molecule has 0 aliphatic rings. The molecule has 5 heteroatoms. The summed E-state index contributed by atoms with van der Waals surface area (Å²) in [6.45, 7) is 2.86. The van der Waals surface area contributed by atoms with Crippen LogP contribution in [0.15, 0.2) is 35.1 Å². The van der Waals surface area contributed by atoms with Crippen LogP contribution in [0.4, 0.5) is 5.69 Å². The molecule has 1 atom stereocenters. The number of aromatic nitrogens is 2. The van der Waals surface area contributed by atoms with Gasteiger partial charge < -0.3 is 10.6 Å². The van der Waals surface area contributed by atoms with Gasteiger partial charge in [0.15, 0.2) is 0 Å². The molecule has 0 fully saturated rings. The van der Waals surface area contributed by atoms with E-state index in [1.165, 1.54) is 16.8 Å². The molecule has 1 unspecified atom stereocenters. The molecule has 2 N–H and O–H groups in total. The Kier molecular flexibility index (Phi) is 4.83. The van der Waals surface area contributed by atoms with Crippen molar-refractivity contribution in [3.63, 3.8) is 0 Å². The smallest absolute Gasteiger partial charge is 0.0539 e. The SMILES string of the molecule is CC(N)Cc1ccc(Br)cc1N(C)Cc1cnn(C)c1. The lowest BCUT2D eigenvalue weighted by atomic mass is 10.0. The van der Waals surface area contributed by atoms with E-state index in [0.29, 0.717) is 0 Å². The van der Waals surface area contributed by atoms with E-state index in [9.17, 15) is 0 Å². The summed E-state index contributed by atoms with van der Waals surface area (Å²) in [5.41, 5.74) is 9.62. The van der Waals surface area contributed by atoms with Crippen LogP contribution in [0.25, 0.3) is 0 Å². The molecule has 1 aromatic heterocycles. The fourth-order valence-corrected chi connectivity index (χ4v) is 2.67. The lowest BCUT2D eigenvalue weighted by Crippen LogP contribution is -2.22. The summed E-state index contributed by atoms with van der Waals surface area (Å²) >= 11 is 3.55. The second-order valence-electron chi connectivity index (χ2n) is 5.33. The number of aryl methyl sites for hydroxylation is 1. The minimum atomic E-state index is 0.154. The highest BCUT2D eigenvalue weighted by atomic mass is 79.9. The van der Waals surface area contributed by atoms with Crippen LogP contribution < -0.4 is 10.6 Å². The highest BCUT2D eigenvalue weighted by Crippen LogP contribution is 2.26. The first-order chi connectivity index (χ1) is 9.45. The first-order valence-corrected chi connectivity index (χ1v) is 7.47. The van der Waals surface area contributed by atoms with E-state index in [4.69, 9.17) is 5.73 Å². The number of hydrogen-bond donors (Lipinski definition) is 1. The Labute approximate surface area is 128 Å². The maximum Gasteiger partial charge on any atom is 0.0539 e. The van der Waals surface area contributed by atoms with Crippen LogP contribution in [0, 0.1) is 0 Å². The maximum absolute atomic E-state index is 5.94. The Bertz CT molecular complexity index is 577. The van der Waals surface area contributed by atoms with Crippen LogP contribution in [-0.2, 0) is 20.0 Å². The zero-order valence-corrected chi connectivity index (χ0v) is 13.8. The zero-order valence-electron chi connectivity index (χ0n) is 12.2. The van der Waals surface area contributed by atoms with Gasteiger partial charge in [-0.2, -0.15) is 5.10 Å². The quantitative estimate of drug-likeness (QED) is 0.913.